The van der Waals surface area contributed by atoms with Gasteiger partial charge < -0.3 is 19.8 Å². The summed E-state index contributed by atoms with van der Waals surface area (Å²) in [7, 11) is 0. The molecule has 1 atom stereocenters. The molecule has 0 heterocycles. The van der Waals surface area contributed by atoms with Crippen molar-refractivity contribution in [2.24, 2.45) is 0 Å². The van der Waals surface area contributed by atoms with Gasteiger partial charge in [0.05, 0.1) is 0 Å². The summed E-state index contributed by atoms with van der Waals surface area (Å²) in [6.07, 6.45) is -0.223. The molecule has 140 valence electrons. The average molecular weight is 365 g/mol. The molecular weight excluding hydrogens is 334 g/mol. The summed E-state index contributed by atoms with van der Waals surface area (Å²) < 4.78 is 51.2. The normalized spacial score (nSPS) is 15.6. The molecule has 0 aliphatic rings. The quantitative estimate of drug-likeness (QED) is 0.764. The lowest BCUT2D eigenvalue weighted by Gasteiger charge is -2.22. The number of carboxylic acids is 2. The lowest BCUT2D eigenvalue weighted by molar-refractivity contribution is -0.159. The zero-order valence-corrected chi connectivity index (χ0v) is 14.3. The molecule has 2 aromatic rings. The second-order valence-corrected chi connectivity index (χ2v) is 5.33. The van der Waals surface area contributed by atoms with Gasteiger partial charge in [-0.2, -0.15) is 0 Å². The number of carboxylic acid groups (broad SMARTS) is 2. The molecule has 0 saturated heterocycles. The van der Waals surface area contributed by atoms with E-state index in [1.807, 2.05) is 61.5 Å². The maximum Gasteiger partial charge on any atom is 0.414 e. The van der Waals surface area contributed by atoms with Gasteiger partial charge in [0.25, 0.3) is 0 Å². The van der Waals surface area contributed by atoms with Gasteiger partial charge in [0.1, 0.15) is 11.9 Å². The number of hydrogen-bond donors (Lipinski definition) is 2. The molecule has 2 N–H and O–H groups in total. The molecule has 6 heteroatoms. The molecular formula is C20H25NO5. The number of hydrogen-bond acceptors (Lipinski definition) is 4. The molecule has 0 aromatic heterocycles. The lowest BCUT2D eigenvalue weighted by atomic mass is 10.1. The van der Waals surface area contributed by atoms with Crippen LogP contribution in [0.4, 0.5) is 0 Å². The van der Waals surface area contributed by atoms with Crippen molar-refractivity contribution in [3.05, 3.63) is 65.7 Å². The van der Waals surface area contributed by atoms with Crippen molar-refractivity contribution in [3.63, 3.8) is 0 Å². The van der Waals surface area contributed by atoms with E-state index in [2.05, 4.69) is 0 Å². The van der Waals surface area contributed by atoms with E-state index < -0.39 is 32.0 Å². The van der Waals surface area contributed by atoms with E-state index in [-0.39, 0.29) is 13.0 Å². The first-order chi connectivity index (χ1) is 14.7. The number of aliphatic carboxylic acids is 2. The zero-order chi connectivity index (χ0) is 24.5. The maximum atomic E-state index is 9.10. The molecule has 0 saturated carbocycles. The summed E-state index contributed by atoms with van der Waals surface area (Å²) in [5.41, 5.74) is 1.82. The highest BCUT2D eigenvalue weighted by Crippen LogP contribution is 2.27. The first-order valence-electron chi connectivity index (χ1n) is 10.7. The summed E-state index contributed by atoms with van der Waals surface area (Å²) in [5, 5.41) is 14.8. The van der Waals surface area contributed by atoms with Crippen LogP contribution in [0.5, 0.6) is 5.75 Å². The molecule has 2 rings (SSSR count). The van der Waals surface area contributed by atoms with Gasteiger partial charge in [0, 0.05) is 21.2 Å². The van der Waals surface area contributed by atoms with E-state index in [9.17, 15) is 0 Å². The van der Waals surface area contributed by atoms with Crippen LogP contribution in [0, 0.1) is 6.92 Å². The van der Waals surface area contributed by atoms with Crippen LogP contribution in [-0.2, 0) is 9.59 Å². The fraction of sp³-hybridized carbons (Fsp3) is 0.300. The van der Waals surface area contributed by atoms with Gasteiger partial charge in [-0.1, -0.05) is 48.5 Å². The number of carbonyl (C=O) groups is 2. The van der Waals surface area contributed by atoms with Gasteiger partial charge in [-0.3, -0.25) is 0 Å². The Bertz CT molecular complexity index is 860. The van der Waals surface area contributed by atoms with Crippen LogP contribution < -0.4 is 4.74 Å². The third-order valence-corrected chi connectivity index (χ3v) is 3.33. The Labute approximate surface area is 162 Å². The molecule has 0 bridgehead atoms. The minimum Gasteiger partial charge on any atom is -0.485 e. The van der Waals surface area contributed by atoms with Crippen molar-refractivity contribution in [1.29, 1.82) is 0 Å². The molecule has 26 heavy (non-hydrogen) atoms. The number of para-hydroxylation sites is 1. The number of ether oxygens (including phenoxy) is 1. The highest BCUT2D eigenvalue weighted by atomic mass is 16.5. The molecule has 0 aliphatic heterocycles. The van der Waals surface area contributed by atoms with Crippen LogP contribution >= 0.6 is 0 Å². The standard InChI is InChI=1S/C18H23NO.C2H2O4/c1-15-9-7-8-12-17(15)20-18(13-14-19(2)3)16-10-5-4-6-11-16;3-1(4)2(5)6/h4-12,18H,13-14H2,1-3H3;(H,3,4)(H,5,6)/i2D3,3D3;. The molecule has 1 unspecified atom stereocenters. The number of rotatable bonds is 6. The molecule has 6 nitrogen and oxygen atoms in total. The predicted octanol–water partition coefficient (Wildman–Crippen LogP) is 3.22. The monoisotopic (exact) mass is 365 g/mol. The Balaban J connectivity index is 0.000000751. The Morgan fingerprint density at radius 3 is 2.15 bits per heavy atom. The molecule has 0 spiro atoms. The fourth-order valence-corrected chi connectivity index (χ4v) is 2.05. The summed E-state index contributed by atoms with van der Waals surface area (Å²) in [4.78, 5) is 18.8. The Morgan fingerprint density at radius 2 is 1.62 bits per heavy atom. The Kier molecular flexibility index (Phi) is 5.60. The summed E-state index contributed by atoms with van der Waals surface area (Å²) in [5.74, 6) is -2.96. The van der Waals surface area contributed by atoms with Crippen LogP contribution in [0.3, 0.4) is 0 Å². The minimum absolute atomic E-state index is 0.140. The number of nitrogens with zero attached hydrogens (tertiary/aromatic N) is 1. The van der Waals surface area contributed by atoms with E-state index in [0.717, 1.165) is 11.1 Å². The van der Waals surface area contributed by atoms with Crippen LogP contribution in [0.2, 0.25) is 0 Å². The van der Waals surface area contributed by atoms with Crippen molar-refractivity contribution in [2.45, 2.75) is 19.4 Å². The van der Waals surface area contributed by atoms with E-state index >= 15 is 0 Å². The van der Waals surface area contributed by atoms with Crippen molar-refractivity contribution < 1.29 is 32.8 Å². The minimum atomic E-state index is -2.70. The van der Waals surface area contributed by atoms with Gasteiger partial charge in [-0.15, -0.1) is 0 Å². The smallest absolute Gasteiger partial charge is 0.414 e. The van der Waals surface area contributed by atoms with E-state index in [4.69, 9.17) is 32.8 Å². The summed E-state index contributed by atoms with van der Waals surface area (Å²) in [6.45, 7) is -3.61. The van der Waals surface area contributed by atoms with Gasteiger partial charge in [0.15, 0.2) is 0 Å². The van der Waals surface area contributed by atoms with Crippen molar-refractivity contribution >= 4 is 11.9 Å². The highest BCUT2D eigenvalue weighted by Gasteiger charge is 2.14. The summed E-state index contributed by atoms with van der Waals surface area (Å²) >= 11 is 0. The number of benzene rings is 2. The van der Waals surface area contributed by atoms with Gasteiger partial charge >= 0.3 is 11.9 Å². The van der Waals surface area contributed by atoms with Crippen molar-refractivity contribution in [2.75, 3.05) is 20.5 Å². The van der Waals surface area contributed by atoms with Crippen LogP contribution in [-0.4, -0.2) is 47.5 Å². The van der Waals surface area contributed by atoms with E-state index in [1.165, 1.54) is 0 Å². The first kappa shape index (κ1) is 13.4. The molecule has 0 fully saturated rings. The van der Waals surface area contributed by atoms with E-state index in [0.29, 0.717) is 10.6 Å². The van der Waals surface area contributed by atoms with Gasteiger partial charge in [-0.25, -0.2) is 9.59 Å². The van der Waals surface area contributed by atoms with Crippen molar-refractivity contribution in [3.8, 4) is 5.75 Å². The number of aryl methyl sites for hydroxylation is 1. The Hall–Kier alpha value is -2.86. The van der Waals surface area contributed by atoms with Crippen molar-refractivity contribution in [1.82, 2.24) is 4.90 Å². The average Bonchev–Trinajstić information content (AvgIpc) is 2.68. The second kappa shape index (κ2) is 10.9. The second-order valence-electron chi connectivity index (χ2n) is 5.33. The van der Waals surface area contributed by atoms with E-state index in [1.54, 1.807) is 0 Å². The fourth-order valence-electron chi connectivity index (χ4n) is 2.05. The molecule has 0 radical (unpaired) electrons. The highest BCUT2D eigenvalue weighted by molar-refractivity contribution is 6.27. The molecule has 0 amide bonds. The van der Waals surface area contributed by atoms with Crippen LogP contribution in [0.25, 0.3) is 0 Å². The topological polar surface area (TPSA) is 87.1 Å². The summed E-state index contributed by atoms with van der Waals surface area (Å²) in [6, 6.07) is 16.9. The predicted molar refractivity (Wildman–Crippen MR) is 99.4 cm³/mol. The SMILES string of the molecule is O=C(O)C(=O)O.[2H]C([2H])([2H])N(CCC(Oc1ccccc1C)c1ccccc1)C([2H])([2H])[2H]. The van der Waals surface area contributed by atoms with Gasteiger partial charge in [0.2, 0.25) is 0 Å². The molecule has 0 aliphatic carbocycles. The first-order valence-corrected chi connectivity index (χ1v) is 7.74. The third kappa shape index (κ3) is 7.81. The van der Waals surface area contributed by atoms with Crippen LogP contribution in [0.1, 0.15) is 31.9 Å². The Morgan fingerprint density at radius 1 is 1.04 bits per heavy atom. The maximum absolute atomic E-state index is 9.10. The largest absolute Gasteiger partial charge is 0.485 e. The van der Waals surface area contributed by atoms with Crippen LogP contribution in [0.15, 0.2) is 54.6 Å². The van der Waals surface area contributed by atoms with Gasteiger partial charge in [-0.05, 0) is 38.1 Å². The zero-order valence-electron chi connectivity index (χ0n) is 20.3. The molecule has 2 aromatic carbocycles. The lowest BCUT2D eigenvalue weighted by Crippen LogP contribution is -2.19. The third-order valence-electron chi connectivity index (χ3n) is 3.33.